The molecule has 3 aromatic rings. The third-order valence-electron chi connectivity index (χ3n) is 5.36. The first-order valence-electron chi connectivity index (χ1n) is 10.4. The molecule has 3 atom stereocenters. The fourth-order valence-corrected chi connectivity index (χ4v) is 3.55. The molecule has 178 valence electrons. The molecule has 1 fully saturated rings. The van der Waals surface area contributed by atoms with Gasteiger partial charge in [-0.1, -0.05) is 12.1 Å². The second-order valence-electron chi connectivity index (χ2n) is 7.92. The summed E-state index contributed by atoms with van der Waals surface area (Å²) in [6.45, 7) is 0.458. The van der Waals surface area contributed by atoms with Crippen molar-refractivity contribution >= 4 is 40.6 Å². The molecule has 13 heteroatoms. The van der Waals surface area contributed by atoms with Crippen LogP contribution in [0, 0.1) is 0 Å². The van der Waals surface area contributed by atoms with Crippen LogP contribution in [0.1, 0.15) is 30.2 Å². The fourth-order valence-electron chi connectivity index (χ4n) is 3.55. The number of nitrogens with zero attached hydrogens (tertiary/aromatic N) is 5. The second-order valence-corrected chi connectivity index (χ2v) is 7.92. The van der Waals surface area contributed by atoms with E-state index in [1.807, 2.05) is 36.2 Å². The highest BCUT2D eigenvalue weighted by molar-refractivity contribution is 5.81. The highest BCUT2D eigenvalue weighted by atomic mass is 16.6. The Bertz CT molecular complexity index is 1220. The zero-order valence-electron chi connectivity index (χ0n) is 18.3. The van der Waals surface area contributed by atoms with Crippen molar-refractivity contribution in [2.24, 2.45) is 0 Å². The Labute approximate surface area is 193 Å². The summed E-state index contributed by atoms with van der Waals surface area (Å²) in [5.74, 6) is -1.94. The number of benzene rings is 1. The van der Waals surface area contributed by atoms with Gasteiger partial charge in [-0.15, -0.1) is 0 Å². The Hall–Kier alpha value is -4.10. The van der Waals surface area contributed by atoms with Crippen molar-refractivity contribution in [3.05, 3.63) is 41.7 Å². The highest BCUT2D eigenvalue weighted by Crippen LogP contribution is 2.38. The third kappa shape index (κ3) is 5.27. The van der Waals surface area contributed by atoms with E-state index >= 15 is 0 Å². The number of nitrogen functional groups attached to an aromatic ring is 2. The number of rotatable bonds is 10. The quantitative estimate of drug-likeness (QED) is 0.258. The monoisotopic (exact) mass is 468 g/mol. The molecule has 1 aliphatic rings. The van der Waals surface area contributed by atoms with Gasteiger partial charge in [0.15, 0.2) is 17.0 Å². The summed E-state index contributed by atoms with van der Waals surface area (Å²) in [6, 6.07) is 6.63. The van der Waals surface area contributed by atoms with Gasteiger partial charge in [0.1, 0.15) is 18.4 Å². The first kappa shape index (κ1) is 23.1. The van der Waals surface area contributed by atoms with Crippen molar-refractivity contribution < 1.29 is 24.5 Å². The van der Waals surface area contributed by atoms with Crippen LogP contribution in [0.2, 0.25) is 0 Å². The molecule has 2 aromatic heterocycles. The molecule has 0 aliphatic carbocycles. The number of nitrogens with one attached hydrogen (secondary N) is 1. The van der Waals surface area contributed by atoms with Crippen molar-refractivity contribution in [3.8, 4) is 0 Å². The van der Waals surface area contributed by atoms with Gasteiger partial charge in [-0.2, -0.15) is 9.97 Å². The maximum atomic E-state index is 11.3. The van der Waals surface area contributed by atoms with E-state index in [4.69, 9.17) is 21.3 Å². The van der Waals surface area contributed by atoms with E-state index in [1.165, 1.54) is 0 Å². The molecular formula is C21H24N8O5. The highest BCUT2D eigenvalue weighted by Gasteiger charge is 2.42. The predicted molar refractivity (Wildman–Crippen MR) is 122 cm³/mol. The largest absolute Gasteiger partial charge is 0.481 e. The Morgan fingerprint density at radius 2 is 1.91 bits per heavy atom. The summed E-state index contributed by atoms with van der Waals surface area (Å²) in [7, 11) is 1.90. The van der Waals surface area contributed by atoms with Gasteiger partial charge < -0.3 is 31.3 Å². The fraction of sp³-hybridized carbons (Fsp3) is 0.333. The van der Waals surface area contributed by atoms with E-state index in [0.29, 0.717) is 23.4 Å². The lowest BCUT2D eigenvalue weighted by Crippen LogP contribution is -2.39. The van der Waals surface area contributed by atoms with Gasteiger partial charge >= 0.3 is 11.9 Å². The number of epoxide rings is 1. The Balaban J connectivity index is 1.37. The molecule has 0 amide bonds. The normalized spacial score (nSPS) is 17.9. The van der Waals surface area contributed by atoms with Gasteiger partial charge in [0, 0.05) is 19.2 Å². The van der Waals surface area contributed by atoms with E-state index in [2.05, 4.69) is 25.3 Å². The zero-order valence-corrected chi connectivity index (χ0v) is 18.3. The van der Waals surface area contributed by atoms with Gasteiger partial charge in [0.05, 0.1) is 18.4 Å². The summed E-state index contributed by atoms with van der Waals surface area (Å²) < 4.78 is 5.56. The number of fused-ring (bicyclic) bond motifs is 1. The number of aromatic nitrogens is 4. The molecule has 1 saturated heterocycles. The molecule has 13 nitrogen and oxygen atoms in total. The van der Waals surface area contributed by atoms with Crippen LogP contribution < -0.4 is 21.7 Å². The van der Waals surface area contributed by atoms with E-state index in [0.717, 1.165) is 11.3 Å². The number of carboxylic acids is 2. The third-order valence-corrected chi connectivity index (χ3v) is 5.36. The molecule has 1 aromatic carbocycles. The average molecular weight is 468 g/mol. The summed E-state index contributed by atoms with van der Waals surface area (Å²) in [5, 5.41) is 20.9. The van der Waals surface area contributed by atoms with Crippen LogP contribution >= 0.6 is 0 Å². The van der Waals surface area contributed by atoms with E-state index in [-0.39, 0.29) is 30.7 Å². The molecule has 0 saturated carbocycles. The molecule has 34 heavy (non-hydrogen) atoms. The number of anilines is 3. The van der Waals surface area contributed by atoms with Crippen LogP contribution in [0.4, 0.5) is 17.5 Å². The van der Waals surface area contributed by atoms with E-state index in [9.17, 15) is 14.7 Å². The molecular weight excluding hydrogens is 444 g/mol. The lowest BCUT2D eigenvalue weighted by molar-refractivity contribution is -0.141. The molecule has 4 rings (SSSR count). The first-order valence-corrected chi connectivity index (χ1v) is 10.4. The number of ether oxygens (including phenoxy) is 1. The standard InChI is InChI=1S/C21H24N8O5/c1-29(9-11-8-24-18-15(25-11)17(22)27-21(23)28-18)12-4-2-10(3-5-12)16-19(34-16)26-13(20(32)33)6-7-14(30)31/h2-5,8,13,16,19,26H,6-7,9H2,1H3,(H,30,31)(H,32,33)(H4,22,23,24,27,28)/t13-,16?,19?/m0/s1. The van der Waals surface area contributed by atoms with Crippen molar-refractivity contribution in [3.63, 3.8) is 0 Å². The van der Waals surface area contributed by atoms with Crippen LogP contribution in [-0.2, 0) is 20.9 Å². The molecule has 0 radical (unpaired) electrons. The summed E-state index contributed by atoms with van der Waals surface area (Å²) in [4.78, 5) is 40.7. The van der Waals surface area contributed by atoms with Crippen molar-refractivity contribution in [1.82, 2.24) is 25.3 Å². The molecule has 3 heterocycles. The SMILES string of the molecule is CN(Cc1cnc2nc(N)nc(N)c2n1)c1ccc(C2OC2N[C@@H](CCC(=O)O)C(=O)O)cc1. The minimum Gasteiger partial charge on any atom is -0.481 e. The van der Waals surface area contributed by atoms with Crippen molar-refractivity contribution in [2.45, 2.75) is 37.8 Å². The minimum atomic E-state index is -1.11. The number of aliphatic carboxylic acids is 2. The second kappa shape index (κ2) is 9.41. The van der Waals surface area contributed by atoms with Crippen molar-refractivity contribution in [1.29, 1.82) is 0 Å². The number of hydrogen-bond acceptors (Lipinski definition) is 11. The van der Waals surface area contributed by atoms with Crippen LogP contribution in [0.3, 0.4) is 0 Å². The van der Waals surface area contributed by atoms with Crippen LogP contribution in [0.25, 0.3) is 11.2 Å². The van der Waals surface area contributed by atoms with E-state index in [1.54, 1.807) is 6.20 Å². The van der Waals surface area contributed by atoms with Gasteiger partial charge in [0.2, 0.25) is 5.95 Å². The van der Waals surface area contributed by atoms with Crippen LogP contribution in [-0.4, -0.2) is 61.4 Å². The zero-order chi connectivity index (χ0) is 24.4. The molecule has 1 aliphatic heterocycles. The Morgan fingerprint density at radius 1 is 1.18 bits per heavy atom. The van der Waals surface area contributed by atoms with Gasteiger partial charge in [-0.05, 0) is 24.1 Å². The lowest BCUT2D eigenvalue weighted by atomic mass is 10.1. The first-order chi connectivity index (χ1) is 16.2. The summed E-state index contributed by atoms with van der Waals surface area (Å²) in [6.07, 6.45) is 0.568. The number of hydrogen-bond donors (Lipinski definition) is 5. The molecule has 0 bridgehead atoms. The number of carbonyl (C=O) groups is 2. The smallest absolute Gasteiger partial charge is 0.320 e. The van der Waals surface area contributed by atoms with E-state index < -0.39 is 24.2 Å². The van der Waals surface area contributed by atoms with Gasteiger partial charge in [-0.25, -0.2) is 9.97 Å². The molecule has 0 spiro atoms. The Morgan fingerprint density at radius 3 is 2.59 bits per heavy atom. The summed E-state index contributed by atoms with van der Waals surface area (Å²) in [5.41, 5.74) is 14.7. The maximum absolute atomic E-state index is 11.3. The number of nitrogens with two attached hydrogens (primary N) is 2. The van der Waals surface area contributed by atoms with Gasteiger partial charge in [-0.3, -0.25) is 14.9 Å². The average Bonchev–Trinajstić information content (AvgIpc) is 3.56. The number of carboxylic acid groups (broad SMARTS) is 2. The lowest BCUT2D eigenvalue weighted by Gasteiger charge is -2.19. The van der Waals surface area contributed by atoms with Gasteiger partial charge in [0.25, 0.3) is 0 Å². The maximum Gasteiger partial charge on any atom is 0.320 e. The predicted octanol–water partition coefficient (Wildman–Crippen LogP) is 0.526. The minimum absolute atomic E-state index is 0.0240. The van der Waals surface area contributed by atoms with Crippen molar-refractivity contribution in [2.75, 3.05) is 23.4 Å². The molecule has 2 unspecified atom stereocenters. The molecule has 7 N–H and O–H groups in total. The van der Waals surface area contributed by atoms with Crippen LogP contribution in [0.5, 0.6) is 0 Å². The topological polar surface area (TPSA) is 206 Å². The Kier molecular flexibility index (Phi) is 6.38. The van der Waals surface area contributed by atoms with Crippen LogP contribution in [0.15, 0.2) is 30.5 Å². The summed E-state index contributed by atoms with van der Waals surface area (Å²) >= 11 is 0.